The molecule has 194 valence electrons. The fourth-order valence-electron chi connectivity index (χ4n) is 7.34. The molecule has 38 heavy (non-hydrogen) atoms. The van der Waals surface area contributed by atoms with Crippen molar-refractivity contribution in [2.24, 2.45) is 29.6 Å². The van der Waals surface area contributed by atoms with Gasteiger partial charge in [0, 0.05) is 21.7 Å². The summed E-state index contributed by atoms with van der Waals surface area (Å²) in [6.45, 7) is 1.62. The average Bonchev–Trinajstić information content (AvgIpc) is 3.60. The van der Waals surface area contributed by atoms with E-state index in [0.29, 0.717) is 5.69 Å². The van der Waals surface area contributed by atoms with Gasteiger partial charge in [0.2, 0.25) is 17.7 Å². The summed E-state index contributed by atoms with van der Waals surface area (Å²) in [5.41, 5.74) is 2.53. The molecule has 2 aliphatic heterocycles. The summed E-state index contributed by atoms with van der Waals surface area (Å²) in [6.07, 6.45) is 0.759. The quantitative estimate of drug-likeness (QED) is 0.480. The number of halogens is 1. The molecule has 3 heterocycles. The lowest BCUT2D eigenvalue weighted by Gasteiger charge is -2.43. The minimum Gasteiger partial charge on any atom is -0.325 e. The number of aromatic amines is 1. The van der Waals surface area contributed by atoms with Crippen LogP contribution in [0.2, 0.25) is 0 Å². The number of benzene rings is 2. The van der Waals surface area contributed by atoms with Crippen molar-refractivity contribution < 1.29 is 18.8 Å². The molecule has 7 rings (SSSR count). The van der Waals surface area contributed by atoms with Crippen molar-refractivity contribution in [3.05, 3.63) is 80.0 Å². The summed E-state index contributed by atoms with van der Waals surface area (Å²) >= 11 is 2.77. The van der Waals surface area contributed by atoms with E-state index in [1.165, 1.54) is 23.5 Å². The third-order valence-corrected chi connectivity index (χ3v) is 11.2. The molecule has 1 saturated heterocycles. The van der Waals surface area contributed by atoms with Gasteiger partial charge < -0.3 is 10.3 Å². The zero-order valence-corrected chi connectivity index (χ0v) is 22.0. The molecule has 10 heteroatoms. The van der Waals surface area contributed by atoms with Crippen LogP contribution in [-0.4, -0.2) is 39.4 Å². The van der Waals surface area contributed by atoms with Crippen molar-refractivity contribution in [2.75, 3.05) is 11.9 Å². The van der Waals surface area contributed by atoms with Crippen LogP contribution in [0.25, 0.3) is 0 Å². The van der Waals surface area contributed by atoms with Crippen LogP contribution in [0.3, 0.4) is 0 Å². The molecule has 2 saturated carbocycles. The number of aromatic nitrogens is 1. The van der Waals surface area contributed by atoms with E-state index < -0.39 is 17.7 Å². The number of likely N-dealkylation sites (tertiary alicyclic amines) is 1. The van der Waals surface area contributed by atoms with Gasteiger partial charge in [-0.3, -0.25) is 24.1 Å². The Morgan fingerprint density at radius 2 is 1.82 bits per heavy atom. The first-order chi connectivity index (χ1) is 18.3. The van der Waals surface area contributed by atoms with Crippen molar-refractivity contribution >= 4 is 46.5 Å². The monoisotopic (exact) mass is 549 g/mol. The molecule has 2 bridgehead atoms. The zero-order valence-electron chi connectivity index (χ0n) is 20.3. The summed E-state index contributed by atoms with van der Waals surface area (Å²) < 4.78 is 13.8. The maximum Gasteiger partial charge on any atom is 0.305 e. The van der Waals surface area contributed by atoms with E-state index in [1.807, 2.05) is 25.1 Å². The molecule has 2 aliphatic carbocycles. The van der Waals surface area contributed by atoms with E-state index in [9.17, 15) is 23.6 Å². The minimum absolute atomic E-state index is 0.0271. The van der Waals surface area contributed by atoms with E-state index in [1.54, 1.807) is 30.0 Å². The number of aryl methyl sites for hydroxylation is 1. The number of anilines is 1. The fraction of sp³-hybridized carbons (Fsp3) is 0.357. The van der Waals surface area contributed by atoms with E-state index in [4.69, 9.17) is 0 Å². The second-order valence-corrected chi connectivity index (χ2v) is 12.9. The summed E-state index contributed by atoms with van der Waals surface area (Å²) in [5, 5.41) is 3.66. The number of fused-ring (bicyclic) bond motifs is 9. The Kier molecular flexibility index (Phi) is 5.42. The van der Waals surface area contributed by atoms with Crippen LogP contribution in [-0.2, 0) is 14.4 Å². The molecule has 0 unspecified atom stereocenters. The maximum absolute atomic E-state index is 13.8. The smallest absolute Gasteiger partial charge is 0.305 e. The van der Waals surface area contributed by atoms with Gasteiger partial charge in [0.15, 0.2) is 0 Å². The molecule has 4 aliphatic rings. The van der Waals surface area contributed by atoms with E-state index in [-0.39, 0.29) is 58.0 Å². The van der Waals surface area contributed by atoms with Gasteiger partial charge in [0.25, 0.3) is 0 Å². The lowest BCUT2D eigenvalue weighted by molar-refractivity contribution is -0.143. The minimum atomic E-state index is -0.471. The second kappa shape index (κ2) is 8.64. The Bertz CT molecular complexity index is 1550. The van der Waals surface area contributed by atoms with Gasteiger partial charge in [-0.05, 0) is 66.5 Å². The topological polar surface area (TPSA) is 99.3 Å². The third kappa shape index (κ3) is 3.53. The van der Waals surface area contributed by atoms with Crippen LogP contribution >= 0.6 is 23.1 Å². The van der Waals surface area contributed by atoms with Crippen LogP contribution in [0.1, 0.15) is 28.3 Å². The van der Waals surface area contributed by atoms with Gasteiger partial charge in [-0.2, -0.15) is 0 Å². The number of hydrogen-bond acceptors (Lipinski definition) is 6. The number of carbonyl (C=O) groups is 3. The van der Waals surface area contributed by atoms with Gasteiger partial charge in [-0.25, -0.2) is 4.39 Å². The number of nitrogens with zero attached hydrogens (tertiary/aromatic N) is 1. The Balaban J connectivity index is 1.19. The summed E-state index contributed by atoms with van der Waals surface area (Å²) in [6, 6.07) is 13.7. The molecular weight excluding hydrogens is 525 g/mol. The number of hydrogen-bond donors (Lipinski definition) is 2. The highest BCUT2D eigenvalue weighted by Gasteiger charge is 2.69. The highest BCUT2D eigenvalue weighted by atomic mass is 32.2. The molecule has 2 N–H and O–H groups in total. The number of thioether (sulfide) groups is 1. The van der Waals surface area contributed by atoms with Crippen molar-refractivity contribution in [1.82, 2.24) is 9.88 Å². The van der Waals surface area contributed by atoms with Crippen LogP contribution in [0.15, 0.2) is 58.4 Å². The zero-order chi connectivity index (χ0) is 26.3. The summed E-state index contributed by atoms with van der Waals surface area (Å²) in [7, 11) is 0. The lowest BCUT2D eigenvalue weighted by Crippen LogP contribution is -2.42. The van der Waals surface area contributed by atoms with E-state index in [0.717, 1.165) is 32.4 Å². The van der Waals surface area contributed by atoms with Crippen LogP contribution in [0.5, 0.6) is 0 Å². The summed E-state index contributed by atoms with van der Waals surface area (Å²) in [4.78, 5) is 57.2. The van der Waals surface area contributed by atoms with Crippen LogP contribution in [0, 0.1) is 42.3 Å². The fourth-order valence-corrected chi connectivity index (χ4v) is 10.2. The number of thiazole rings is 1. The molecule has 3 fully saturated rings. The lowest BCUT2D eigenvalue weighted by atomic mass is 9.68. The number of nitrogens with one attached hydrogen (secondary N) is 2. The standard InChI is InChI=1S/C28H24FN3O4S2/c1-12-3-2-4-15(9-12)30-18(33)11-32-26(34)21-16-10-17(22(21)27(32)35)23-20(16)19(13-5-7-14(29)8-6-13)24-25(37-23)31-28(36)38-24/h2-9,16-17,19-23H,10-11H2,1H3,(H,30,33)(H,31,36)/t16-,17-,19-,20+,21-,22-,23+/m1/s1. The predicted molar refractivity (Wildman–Crippen MR) is 141 cm³/mol. The average molecular weight is 550 g/mol. The van der Waals surface area contributed by atoms with Crippen LogP contribution < -0.4 is 10.2 Å². The van der Waals surface area contributed by atoms with Gasteiger partial charge in [-0.15, -0.1) is 11.8 Å². The number of H-pyrrole nitrogens is 1. The molecule has 7 atom stereocenters. The SMILES string of the molecule is Cc1cccc(NC(=O)CN2C(=O)[C@@H]3[C@H]4C[C@@H]([C@H]3C2=O)[C@H]2[C@@H](c3ccc(F)cc3)c3sc(=O)[nH]c3S[C@@H]42)c1. The van der Waals surface area contributed by atoms with Crippen LogP contribution in [0.4, 0.5) is 10.1 Å². The highest BCUT2D eigenvalue weighted by molar-refractivity contribution is 8.00. The second-order valence-electron chi connectivity index (χ2n) is 10.7. The first-order valence-corrected chi connectivity index (χ1v) is 14.4. The van der Waals surface area contributed by atoms with Gasteiger partial charge in [-0.1, -0.05) is 35.6 Å². The molecule has 3 aromatic rings. The number of rotatable bonds is 4. The molecular formula is C28H24FN3O4S2. The molecule has 7 nitrogen and oxygen atoms in total. The molecule has 0 spiro atoms. The highest BCUT2D eigenvalue weighted by Crippen LogP contribution is 2.68. The maximum atomic E-state index is 13.8. The van der Waals surface area contributed by atoms with Gasteiger partial charge in [0.05, 0.1) is 16.9 Å². The molecule has 1 aromatic heterocycles. The number of carbonyl (C=O) groups excluding carboxylic acids is 3. The summed E-state index contributed by atoms with van der Waals surface area (Å²) in [5.74, 6) is -2.40. The Hall–Kier alpha value is -3.24. The van der Waals surface area contributed by atoms with Crippen molar-refractivity contribution in [3.8, 4) is 0 Å². The van der Waals surface area contributed by atoms with Crippen molar-refractivity contribution in [1.29, 1.82) is 0 Å². The third-order valence-electron chi connectivity index (χ3n) is 8.65. The van der Waals surface area contributed by atoms with Crippen molar-refractivity contribution in [2.45, 2.75) is 29.5 Å². The Labute approximate surface area is 225 Å². The largest absolute Gasteiger partial charge is 0.325 e. The Morgan fingerprint density at radius 1 is 1.08 bits per heavy atom. The van der Waals surface area contributed by atoms with E-state index in [2.05, 4.69) is 10.3 Å². The molecule has 3 amide bonds. The molecule has 0 radical (unpaired) electrons. The molecule has 2 aromatic carbocycles. The van der Waals surface area contributed by atoms with Gasteiger partial charge in [0.1, 0.15) is 12.4 Å². The number of amides is 3. The van der Waals surface area contributed by atoms with E-state index >= 15 is 0 Å². The number of imide groups is 1. The normalized spacial score (nSPS) is 30.8. The Morgan fingerprint density at radius 3 is 2.55 bits per heavy atom. The first kappa shape index (κ1) is 23.8. The predicted octanol–water partition coefficient (Wildman–Crippen LogP) is 4.00. The first-order valence-electron chi connectivity index (χ1n) is 12.7. The van der Waals surface area contributed by atoms with Crippen molar-refractivity contribution in [3.63, 3.8) is 0 Å². The van der Waals surface area contributed by atoms with Gasteiger partial charge >= 0.3 is 4.87 Å².